The first kappa shape index (κ1) is 14.1. The number of hydrogen-bond donors (Lipinski definition) is 1. The zero-order valence-corrected chi connectivity index (χ0v) is 11.2. The highest BCUT2D eigenvalue weighted by atomic mass is 35.5. The number of aromatic nitrogens is 2. The molecule has 0 aliphatic heterocycles. The van der Waals surface area contributed by atoms with Crippen LogP contribution in [-0.4, -0.2) is 44.6 Å². The first-order valence-electron chi connectivity index (χ1n) is 4.34. The third-order valence-corrected chi connectivity index (χ3v) is 4.26. The monoisotopic (exact) mass is 299 g/mol. The van der Waals surface area contributed by atoms with E-state index in [0.29, 0.717) is 0 Å². The summed E-state index contributed by atoms with van der Waals surface area (Å²) in [5.41, 5.74) is 0. The van der Waals surface area contributed by atoms with Gasteiger partial charge in [-0.05, 0) is 0 Å². The van der Waals surface area contributed by atoms with Crippen molar-refractivity contribution in [2.45, 2.75) is 0 Å². The van der Waals surface area contributed by atoms with E-state index in [-0.39, 0.29) is 11.0 Å². The summed E-state index contributed by atoms with van der Waals surface area (Å²) in [5, 5.41) is 0.129. The first-order valence-corrected chi connectivity index (χ1v) is 8.43. The van der Waals surface area contributed by atoms with Gasteiger partial charge in [-0.25, -0.2) is 26.8 Å². The van der Waals surface area contributed by atoms with Crippen LogP contribution in [0.5, 0.6) is 0 Å². The molecule has 1 aromatic rings. The highest BCUT2D eigenvalue weighted by molar-refractivity contribution is 7.95. The molecule has 1 aromatic heterocycles. The Bertz CT molecular complexity index is 582. The fourth-order valence-electron chi connectivity index (χ4n) is 0.836. The number of sulfone groups is 1. The highest BCUT2D eigenvalue weighted by Gasteiger charge is 2.15. The van der Waals surface area contributed by atoms with Crippen molar-refractivity contribution in [3.8, 4) is 0 Å². The van der Waals surface area contributed by atoms with Gasteiger partial charge in [0.2, 0.25) is 10.0 Å². The Labute approximate surface area is 104 Å². The summed E-state index contributed by atoms with van der Waals surface area (Å²) < 4.78 is 46.7. The van der Waals surface area contributed by atoms with Crippen molar-refractivity contribution in [3.05, 3.63) is 17.5 Å². The van der Waals surface area contributed by atoms with Crippen LogP contribution in [0.15, 0.2) is 12.4 Å². The van der Waals surface area contributed by atoms with Gasteiger partial charge in [-0.2, -0.15) is 0 Å². The van der Waals surface area contributed by atoms with Gasteiger partial charge >= 0.3 is 0 Å². The molecule has 0 aliphatic rings. The summed E-state index contributed by atoms with van der Waals surface area (Å²) in [6.07, 6.45) is 3.28. The fourth-order valence-corrected chi connectivity index (χ4v) is 3.55. The molecule has 0 aromatic carbocycles. The molecule has 0 bridgehead atoms. The van der Waals surface area contributed by atoms with E-state index >= 15 is 0 Å². The summed E-state index contributed by atoms with van der Waals surface area (Å²) in [5.74, 6) is -0.998. The zero-order chi connectivity index (χ0) is 13.1. The minimum absolute atomic E-state index is 0.0112. The molecule has 1 heterocycles. The molecule has 17 heavy (non-hydrogen) atoms. The van der Waals surface area contributed by atoms with Crippen LogP contribution in [0, 0.1) is 0 Å². The molecule has 0 amide bonds. The van der Waals surface area contributed by atoms with E-state index in [0.717, 1.165) is 12.5 Å². The van der Waals surface area contributed by atoms with Gasteiger partial charge in [-0.1, -0.05) is 11.6 Å². The number of rotatable bonds is 5. The summed E-state index contributed by atoms with van der Waals surface area (Å²) in [4.78, 5) is 7.30. The minimum atomic E-state index is -3.76. The maximum Gasteiger partial charge on any atom is 0.234 e. The van der Waals surface area contributed by atoms with Crippen LogP contribution in [0.4, 0.5) is 5.82 Å². The Balaban J connectivity index is 2.70. The Morgan fingerprint density at radius 2 is 1.82 bits per heavy atom. The molecular formula is C7H10ClN3O4S2. The lowest BCUT2D eigenvalue weighted by atomic mass is 10.7. The second kappa shape index (κ2) is 5.15. The molecule has 1 N–H and O–H groups in total. The zero-order valence-electron chi connectivity index (χ0n) is 8.79. The van der Waals surface area contributed by atoms with Gasteiger partial charge in [-0.15, -0.1) is 0 Å². The number of halogens is 1. The van der Waals surface area contributed by atoms with Crippen molar-refractivity contribution >= 4 is 37.3 Å². The van der Waals surface area contributed by atoms with Crippen molar-refractivity contribution in [1.29, 1.82) is 0 Å². The van der Waals surface area contributed by atoms with E-state index in [9.17, 15) is 16.8 Å². The van der Waals surface area contributed by atoms with Crippen molar-refractivity contribution in [2.24, 2.45) is 0 Å². The van der Waals surface area contributed by atoms with Crippen LogP contribution in [-0.2, 0) is 19.9 Å². The predicted octanol–water partition coefficient (Wildman–Crippen LogP) is -0.0837. The lowest BCUT2D eigenvalue weighted by molar-refractivity contribution is 0.593. The number of nitrogens with zero attached hydrogens (tertiary/aromatic N) is 2. The molecule has 0 spiro atoms. The molecule has 0 aliphatic carbocycles. The molecule has 96 valence electrons. The molecule has 1 rings (SSSR count). The van der Waals surface area contributed by atoms with Crippen LogP contribution < -0.4 is 4.72 Å². The number of sulfonamides is 1. The Hall–Kier alpha value is -0.930. The predicted molar refractivity (Wildman–Crippen MR) is 64.2 cm³/mol. The summed E-state index contributed by atoms with van der Waals surface area (Å²) in [6, 6.07) is 0. The molecule has 0 radical (unpaired) electrons. The largest absolute Gasteiger partial charge is 0.266 e. The topological polar surface area (TPSA) is 106 Å². The van der Waals surface area contributed by atoms with Crippen LogP contribution in [0.2, 0.25) is 5.15 Å². The molecule has 7 nitrogen and oxygen atoms in total. The standard InChI is InChI=1S/C7H10ClN3O4S2/c1-16(12,13)2-3-17(14,15)11-7-5-9-6(8)4-10-7/h4-5H,2-3H2,1H3,(H,10,11). The number of anilines is 1. The quantitative estimate of drug-likeness (QED) is 0.815. The van der Waals surface area contributed by atoms with Gasteiger partial charge in [0.1, 0.15) is 15.0 Å². The normalized spacial score (nSPS) is 12.4. The van der Waals surface area contributed by atoms with Crippen LogP contribution >= 0.6 is 11.6 Å². The van der Waals surface area contributed by atoms with Crippen LogP contribution in [0.1, 0.15) is 0 Å². The third kappa shape index (κ3) is 5.80. The molecule has 0 saturated carbocycles. The first-order chi connectivity index (χ1) is 7.68. The second-order valence-electron chi connectivity index (χ2n) is 3.28. The third-order valence-electron chi connectivity index (χ3n) is 1.60. The van der Waals surface area contributed by atoms with E-state index < -0.39 is 31.4 Å². The van der Waals surface area contributed by atoms with E-state index in [2.05, 4.69) is 14.7 Å². The lowest BCUT2D eigenvalue weighted by Gasteiger charge is -2.05. The molecule has 10 heteroatoms. The van der Waals surface area contributed by atoms with Gasteiger partial charge in [0.25, 0.3) is 0 Å². The van der Waals surface area contributed by atoms with Gasteiger partial charge in [-0.3, -0.25) is 4.72 Å². The minimum Gasteiger partial charge on any atom is -0.266 e. The Morgan fingerprint density at radius 1 is 1.18 bits per heavy atom. The highest BCUT2D eigenvalue weighted by Crippen LogP contribution is 2.07. The van der Waals surface area contributed by atoms with E-state index in [1.807, 2.05) is 0 Å². The summed E-state index contributed by atoms with van der Waals surface area (Å²) in [6.45, 7) is 0. The van der Waals surface area contributed by atoms with Gasteiger partial charge in [0, 0.05) is 6.26 Å². The van der Waals surface area contributed by atoms with E-state index in [4.69, 9.17) is 11.6 Å². The second-order valence-corrected chi connectivity index (χ2v) is 7.76. The lowest BCUT2D eigenvalue weighted by Crippen LogP contribution is -2.22. The Kier molecular flexibility index (Phi) is 4.28. The van der Waals surface area contributed by atoms with E-state index in [1.165, 1.54) is 6.20 Å². The molecule has 0 saturated heterocycles. The maximum absolute atomic E-state index is 11.5. The van der Waals surface area contributed by atoms with Crippen molar-refractivity contribution in [2.75, 3.05) is 22.5 Å². The van der Waals surface area contributed by atoms with Gasteiger partial charge in [0.05, 0.1) is 23.9 Å². The van der Waals surface area contributed by atoms with Crippen molar-refractivity contribution in [3.63, 3.8) is 0 Å². The smallest absolute Gasteiger partial charge is 0.234 e. The fraction of sp³-hybridized carbons (Fsp3) is 0.429. The average molecular weight is 300 g/mol. The van der Waals surface area contributed by atoms with Crippen LogP contribution in [0.25, 0.3) is 0 Å². The number of nitrogens with one attached hydrogen (secondary N) is 1. The van der Waals surface area contributed by atoms with Gasteiger partial charge in [0.15, 0.2) is 5.82 Å². The molecule has 0 unspecified atom stereocenters. The molecule has 0 fully saturated rings. The molecule has 0 atom stereocenters. The Morgan fingerprint density at radius 3 is 2.29 bits per heavy atom. The SMILES string of the molecule is CS(=O)(=O)CCS(=O)(=O)Nc1cnc(Cl)cn1. The molecular weight excluding hydrogens is 290 g/mol. The maximum atomic E-state index is 11.5. The van der Waals surface area contributed by atoms with Crippen molar-refractivity contribution < 1.29 is 16.8 Å². The van der Waals surface area contributed by atoms with E-state index in [1.54, 1.807) is 0 Å². The van der Waals surface area contributed by atoms with Crippen molar-refractivity contribution in [1.82, 2.24) is 9.97 Å². The average Bonchev–Trinajstić information content (AvgIpc) is 2.18. The number of hydrogen-bond acceptors (Lipinski definition) is 6. The summed E-state index contributed by atoms with van der Waals surface area (Å²) in [7, 11) is -7.09. The summed E-state index contributed by atoms with van der Waals surface area (Å²) >= 11 is 5.47. The van der Waals surface area contributed by atoms with Crippen LogP contribution in [0.3, 0.4) is 0 Å². The van der Waals surface area contributed by atoms with Gasteiger partial charge < -0.3 is 0 Å².